The molecule has 0 bridgehead atoms. The number of nitrogens with one attached hydrogen (secondary N) is 1. The van der Waals surface area contributed by atoms with Gasteiger partial charge in [0.1, 0.15) is 22.1 Å². The predicted octanol–water partition coefficient (Wildman–Crippen LogP) is 4.03. The highest BCUT2D eigenvalue weighted by Crippen LogP contribution is 2.30. The molecule has 8 nitrogen and oxygen atoms in total. The molecule has 2 aromatic carbocycles. The molecule has 1 N–H and O–H groups in total. The summed E-state index contributed by atoms with van der Waals surface area (Å²) in [6.07, 6.45) is 0. The van der Waals surface area contributed by atoms with Crippen LogP contribution in [0.2, 0.25) is 5.02 Å². The molecule has 0 atom stereocenters. The lowest BCUT2D eigenvalue weighted by Crippen LogP contribution is -2.38. The van der Waals surface area contributed by atoms with Gasteiger partial charge in [-0.25, -0.2) is 13.2 Å². The topological polar surface area (TPSA) is 102 Å². The summed E-state index contributed by atoms with van der Waals surface area (Å²) in [5, 5.41) is 4.52. The van der Waals surface area contributed by atoms with Crippen LogP contribution in [0.1, 0.15) is 9.67 Å². The Morgan fingerprint density at radius 2 is 1.75 bits per heavy atom. The van der Waals surface area contributed by atoms with Gasteiger partial charge in [0.15, 0.2) is 0 Å². The number of methoxy groups -OCH3 is 2. The molecule has 0 saturated carbocycles. The average molecular weight is 495 g/mol. The second-order valence-electron chi connectivity index (χ2n) is 6.34. The standard InChI is InChI=1S/C21H19ClN2O6S2/c1-29-17-6-4-3-5-16(17)23-19(25)13-24(15-9-7-14(22)8-10-15)32(27,28)18-11-12-31-20(18)21(26)30-2/h3-12H,13H2,1-2H3,(H,23,25). The summed E-state index contributed by atoms with van der Waals surface area (Å²) in [5.41, 5.74) is 0.589. The first-order valence-electron chi connectivity index (χ1n) is 9.15. The minimum Gasteiger partial charge on any atom is -0.495 e. The van der Waals surface area contributed by atoms with Gasteiger partial charge in [-0.05, 0) is 47.8 Å². The molecule has 0 radical (unpaired) electrons. The third-order valence-corrected chi connectivity index (χ3v) is 7.44. The molecule has 3 rings (SSSR count). The smallest absolute Gasteiger partial charge is 0.349 e. The monoisotopic (exact) mass is 494 g/mol. The maximum Gasteiger partial charge on any atom is 0.349 e. The number of thiophene rings is 1. The fraction of sp³-hybridized carbons (Fsp3) is 0.143. The van der Waals surface area contributed by atoms with Gasteiger partial charge in [0.05, 0.1) is 25.6 Å². The van der Waals surface area contributed by atoms with Crippen LogP contribution in [0, 0.1) is 0 Å². The lowest BCUT2D eigenvalue weighted by Gasteiger charge is -2.24. The summed E-state index contributed by atoms with van der Waals surface area (Å²) in [5.74, 6) is -0.969. The number of halogens is 1. The average Bonchev–Trinajstić information content (AvgIpc) is 3.29. The molecular formula is C21H19ClN2O6S2. The summed E-state index contributed by atoms with van der Waals surface area (Å²) in [4.78, 5) is 24.6. The number of amides is 1. The van der Waals surface area contributed by atoms with E-state index in [2.05, 4.69) is 5.32 Å². The van der Waals surface area contributed by atoms with Crippen LogP contribution in [0.5, 0.6) is 5.75 Å². The van der Waals surface area contributed by atoms with Crippen molar-refractivity contribution in [3.63, 3.8) is 0 Å². The predicted molar refractivity (Wildman–Crippen MR) is 123 cm³/mol. The quantitative estimate of drug-likeness (QED) is 0.474. The Bertz CT molecular complexity index is 1230. The highest BCUT2D eigenvalue weighted by atomic mass is 35.5. The minimum atomic E-state index is -4.30. The lowest BCUT2D eigenvalue weighted by molar-refractivity contribution is -0.114. The van der Waals surface area contributed by atoms with Gasteiger partial charge in [-0.1, -0.05) is 23.7 Å². The number of esters is 1. The highest BCUT2D eigenvalue weighted by molar-refractivity contribution is 7.93. The van der Waals surface area contributed by atoms with Crippen molar-refractivity contribution in [1.29, 1.82) is 0 Å². The Hall–Kier alpha value is -3.08. The summed E-state index contributed by atoms with van der Waals surface area (Å²) in [6, 6.07) is 14.0. The normalized spacial score (nSPS) is 11.0. The molecule has 1 aromatic heterocycles. The van der Waals surface area contributed by atoms with E-state index < -0.39 is 28.4 Å². The molecule has 0 aliphatic rings. The minimum absolute atomic E-state index is 0.0865. The van der Waals surface area contributed by atoms with Crippen molar-refractivity contribution in [1.82, 2.24) is 0 Å². The fourth-order valence-electron chi connectivity index (χ4n) is 2.85. The van der Waals surface area contributed by atoms with Crippen molar-refractivity contribution in [2.45, 2.75) is 4.90 Å². The molecule has 0 aliphatic carbocycles. The van der Waals surface area contributed by atoms with E-state index >= 15 is 0 Å². The number of carbonyl (C=O) groups excluding carboxylic acids is 2. The maximum absolute atomic E-state index is 13.5. The number of rotatable bonds is 8. The first-order chi connectivity index (χ1) is 15.3. The van der Waals surface area contributed by atoms with E-state index in [1.54, 1.807) is 24.3 Å². The number of sulfonamides is 1. The number of hydrogen-bond acceptors (Lipinski definition) is 7. The van der Waals surface area contributed by atoms with Crippen LogP contribution < -0.4 is 14.4 Å². The van der Waals surface area contributed by atoms with Crippen LogP contribution in [0.3, 0.4) is 0 Å². The third kappa shape index (κ3) is 5.04. The zero-order valence-electron chi connectivity index (χ0n) is 17.1. The first kappa shape index (κ1) is 23.6. The Kier molecular flexibility index (Phi) is 7.39. The van der Waals surface area contributed by atoms with E-state index in [1.807, 2.05) is 0 Å². The van der Waals surface area contributed by atoms with Crippen LogP contribution in [0.4, 0.5) is 11.4 Å². The molecule has 11 heteroatoms. The van der Waals surface area contributed by atoms with Crippen molar-refractivity contribution in [2.24, 2.45) is 0 Å². The van der Waals surface area contributed by atoms with Gasteiger partial charge >= 0.3 is 5.97 Å². The van der Waals surface area contributed by atoms with Crippen molar-refractivity contribution in [3.8, 4) is 5.75 Å². The number of benzene rings is 2. The Balaban J connectivity index is 1.99. The zero-order chi connectivity index (χ0) is 23.3. The van der Waals surface area contributed by atoms with Crippen LogP contribution in [-0.2, 0) is 19.6 Å². The Morgan fingerprint density at radius 1 is 1.06 bits per heavy atom. The van der Waals surface area contributed by atoms with Crippen LogP contribution in [0.15, 0.2) is 64.9 Å². The molecule has 3 aromatic rings. The number of para-hydroxylation sites is 2. The third-order valence-electron chi connectivity index (χ3n) is 4.35. The number of carbonyl (C=O) groups is 2. The van der Waals surface area contributed by atoms with Gasteiger partial charge in [-0.2, -0.15) is 0 Å². The summed E-state index contributed by atoms with van der Waals surface area (Å²) in [6.45, 7) is -0.557. The second kappa shape index (κ2) is 10.0. The largest absolute Gasteiger partial charge is 0.495 e. The van der Waals surface area contributed by atoms with Crippen molar-refractivity contribution < 1.29 is 27.5 Å². The molecular weight excluding hydrogens is 476 g/mol. The van der Waals surface area contributed by atoms with Crippen molar-refractivity contribution in [3.05, 3.63) is 69.9 Å². The molecule has 0 aliphatic heterocycles. The SMILES string of the molecule is COC(=O)c1sccc1S(=O)(=O)N(CC(=O)Nc1ccccc1OC)c1ccc(Cl)cc1. The molecule has 1 heterocycles. The summed E-state index contributed by atoms with van der Waals surface area (Å²) >= 11 is 6.87. The fourth-order valence-corrected chi connectivity index (χ4v) is 5.71. The van der Waals surface area contributed by atoms with Crippen LogP contribution in [-0.4, -0.2) is 41.1 Å². The molecule has 0 spiro atoms. The van der Waals surface area contributed by atoms with Gasteiger partial charge < -0.3 is 14.8 Å². The zero-order valence-corrected chi connectivity index (χ0v) is 19.5. The second-order valence-corrected chi connectivity index (χ2v) is 9.53. The van der Waals surface area contributed by atoms with Gasteiger partial charge in [-0.15, -0.1) is 11.3 Å². The summed E-state index contributed by atoms with van der Waals surface area (Å²) in [7, 11) is -1.68. The molecule has 1 amide bonds. The molecule has 32 heavy (non-hydrogen) atoms. The lowest BCUT2D eigenvalue weighted by atomic mass is 10.3. The van der Waals surface area contributed by atoms with Gasteiger partial charge in [0, 0.05) is 5.02 Å². The van der Waals surface area contributed by atoms with Gasteiger partial charge in [0.2, 0.25) is 5.91 Å². The van der Waals surface area contributed by atoms with E-state index in [1.165, 1.54) is 42.8 Å². The van der Waals surface area contributed by atoms with Gasteiger partial charge in [0.25, 0.3) is 10.0 Å². The highest BCUT2D eigenvalue weighted by Gasteiger charge is 2.32. The van der Waals surface area contributed by atoms with Crippen molar-refractivity contribution >= 4 is 56.2 Å². The maximum atomic E-state index is 13.5. The molecule has 0 unspecified atom stereocenters. The Morgan fingerprint density at radius 3 is 2.41 bits per heavy atom. The molecule has 168 valence electrons. The molecule has 0 fully saturated rings. The summed E-state index contributed by atoms with van der Waals surface area (Å²) < 4.78 is 37.9. The first-order valence-corrected chi connectivity index (χ1v) is 11.8. The van der Waals surface area contributed by atoms with E-state index in [0.717, 1.165) is 22.8 Å². The van der Waals surface area contributed by atoms with E-state index in [9.17, 15) is 18.0 Å². The van der Waals surface area contributed by atoms with Crippen LogP contribution in [0.25, 0.3) is 0 Å². The van der Waals surface area contributed by atoms with Crippen LogP contribution >= 0.6 is 22.9 Å². The van der Waals surface area contributed by atoms with Crippen molar-refractivity contribution in [2.75, 3.05) is 30.4 Å². The number of ether oxygens (including phenoxy) is 2. The van der Waals surface area contributed by atoms with E-state index in [4.69, 9.17) is 21.1 Å². The number of anilines is 2. The number of nitrogens with zero attached hydrogens (tertiary/aromatic N) is 1. The van der Waals surface area contributed by atoms with Gasteiger partial charge in [-0.3, -0.25) is 9.10 Å². The molecule has 0 saturated heterocycles. The van der Waals surface area contributed by atoms with E-state index in [0.29, 0.717) is 16.5 Å². The number of hydrogen-bond donors (Lipinski definition) is 1. The Labute approximate surface area is 194 Å². The van der Waals surface area contributed by atoms with E-state index in [-0.39, 0.29) is 15.5 Å².